The second-order valence-electron chi connectivity index (χ2n) is 5.19. The number of nitrogens with zero attached hydrogens (tertiary/aromatic N) is 1. The summed E-state index contributed by atoms with van der Waals surface area (Å²) in [7, 11) is 0. The number of piperidine rings is 1. The van der Waals surface area contributed by atoms with Crippen LogP contribution in [0.5, 0.6) is 0 Å². The second-order valence-corrected chi connectivity index (χ2v) is 5.19. The Balaban J connectivity index is 2.84. The largest absolute Gasteiger partial charge is 0.355 e. The molecule has 0 atom stereocenters. The van der Waals surface area contributed by atoms with Gasteiger partial charge in [-0.25, -0.2) is 0 Å². The van der Waals surface area contributed by atoms with Gasteiger partial charge in [-0.2, -0.15) is 0 Å². The molecule has 3 N–H and O–H groups in total. The molecule has 1 heterocycles. The minimum atomic E-state index is -0.242. The highest BCUT2D eigenvalue weighted by Crippen LogP contribution is 2.35. The lowest BCUT2D eigenvalue weighted by atomic mass is 9.79. The first-order valence-electron chi connectivity index (χ1n) is 4.56. The third kappa shape index (κ3) is 1.63. The van der Waals surface area contributed by atoms with Crippen molar-refractivity contribution in [3.05, 3.63) is 0 Å². The molecule has 0 amide bonds. The van der Waals surface area contributed by atoms with Gasteiger partial charge in [-0.05, 0) is 27.7 Å². The Morgan fingerprint density at radius 1 is 1.17 bits per heavy atom. The summed E-state index contributed by atoms with van der Waals surface area (Å²) >= 11 is 0. The third-order valence-electron chi connectivity index (χ3n) is 2.68. The highest BCUT2D eigenvalue weighted by Gasteiger charge is 2.46. The van der Waals surface area contributed by atoms with Gasteiger partial charge in [0.25, 0.3) is 0 Å². The summed E-state index contributed by atoms with van der Waals surface area (Å²) in [5, 5.41) is 13.0. The molecule has 0 bridgehead atoms. The summed E-state index contributed by atoms with van der Waals surface area (Å²) < 4.78 is 0. The first-order chi connectivity index (χ1) is 5.26. The van der Waals surface area contributed by atoms with E-state index in [1.165, 1.54) is 5.06 Å². The van der Waals surface area contributed by atoms with E-state index < -0.39 is 0 Å². The van der Waals surface area contributed by atoms with Crippen LogP contribution in [0.15, 0.2) is 0 Å². The van der Waals surface area contributed by atoms with Gasteiger partial charge in [0.1, 0.15) is 0 Å². The maximum Gasteiger partial charge on any atom is 0.0880 e. The lowest BCUT2D eigenvalue weighted by Gasteiger charge is -2.47. The lowest BCUT2D eigenvalue weighted by Crippen LogP contribution is -2.72. The van der Waals surface area contributed by atoms with Gasteiger partial charge in [0.15, 0.2) is 0 Å². The standard InChI is InChI=1S/C9H19N2O/c1-8(2)5-7(10)6-9(3,4)11(8)12/h7H,5-6,10H2,1-4H3/p+1. The number of hydrogen-bond donors (Lipinski definition) is 1. The van der Waals surface area contributed by atoms with Gasteiger partial charge in [-0.1, -0.05) is 0 Å². The van der Waals surface area contributed by atoms with E-state index in [9.17, 15) is 5.21 Å². The Bertz CT molecular complexity index is 159. The fourth-order valence-electron chi connectivity index (χ4n) is 2.47. The van der Waals surface area contributed by atoms with E-state index >= 15 is 0 Å². The van der Waals surface area contributed by atoms with Crippen LogP contribution in [-0.2, 0) is 5.21 Å². The molecular formula is C9H20N2O+. The van der Waals surface area contributed by atoms with Crippen LogP contribution >= 0.6 is 0 Å². The minimum absolute atomic E-state index is 0.242. The lowest BCUT2D eigenvalue weighted by molar-refractivity contribution is -0.453. The molecule has 0 aromatic carbocycles. The van der Waals surface area contributed by atoms with Gasteiger partial charge in [0, 0.05) is 23.9 Å². The van der Waals surface area contributed by atoms with E-state index in [-0.39, 0.29) is 11.1 Å². The van der Waals surface area contributed by atoms with Crippen LogP contribution in [-0.4, -0.2) is 22.2 Å². The highest BCUT2D eigenvalue weighted by molar-refractivity contribution is 4.95. The number of quaternary nitrogens is 1. The minimum Gasteiger partial charge on any atom is -0.355 e. The molecular weight excluding hydrogens is 152 g/mol. The summed E-state index contributed by atoms with van der Waals surface area (Å²) in [6.45, 7) is 8.00. The van der Waals surface area contributed by atoms with Crippen LogP contribution in [0.4, 0.5) is 0 Å². The van der Waals surface area contributed by atoms with Gasteiger partial charge < -0.3 is 5.73 Å². The van der Waals surface area contributed by atoms with Crippen molar-refractivity contribution in [2.24, 2.45) is 0 Å². The first-order valence-corrected chi connectivity index (χ1v) is 4.56. The predicted molar refractivity (Wildman–Crippen MR) is 46.6 cm³/mol. The smallest absolute Gasteiger partial charge is 0.0880 e. The molecule has 1 aliphatic rings. The van der Waals surface area contributed by atoms with Crippen LogP contribution in [0.1, 0.15) is 40.5 Å². The fraction of sp³-hybridized carbons (Fsp3) is 1.00. The summed E-state index contributed by atoms with van der Waals surface area (Å²) in [6.07, 6.45) is 1.81. The van der Waals surface area contributed by atoms with E-state index in [0.717, 1.165) is 12.8 Å². The molecule has 0 aliphatic carbocycles. The zero-order valence-electron chi connectivity index (χ0n) is 8.55. The van der Waals surface area contributed by atoms with Gasteiger partial charge >= 0.3 is 0 Å². The number of hydroxylamine groups is 2. The van der Waals surface area contributed by atoms with E-state index in [0.29, 0.717) is 6.04 Å². The number of hydrogen-bond acceptors (Lipinski definition) is 1. The van der Waals surface area contributed by atoms with E-state index in [4.69, 9.17) is 0 Å². The second kappa shape index (κ2) is 2.69. The average molecular weight is 172 g/mol. The van der Waals surface area contributed by atoms with Gasteiger partial charge in [0.05, 0.1) is 6.04 Å². The normalized spacial score (nSPS) is 30.5. The van der Waals surface area contributed by atoms with Crippen molar-refractivity contribution >= 4 is 0 Å². The zero-order chi connectivity index (χ0) is 9.57. The molecule has 1 fully saturated rings. The highest BCUT2D eigenvalue weighted by atomic mass is 16.5. The fourth-order valence-corrected chi connectivity index (χ4v) is 2.47. The van der Waals surface area contributed by atoms with Gasteiger partial charge in [-0.15, -0.1) is 10.3 Å². The topological polar surface area (TPSA) is 50.8 Å². The van der Waals surface area contributed by atoms with Gasteiger partial charge in [0.2, 0.25) is 0 Å². The van der Waals surface area contributed by atoms with Crippen molar-refractivity contribution in [1.29, 1.82) is 0 Å². The Hall–Kier alpha value is -0.120. The molecule has 0 aromatic rings. The van der Waals surface area contributed by atoms with E-state index in [1.807, 2.05) is 27.7 Å². The van der Waals surface area contributed by atoms with Gasteiger partial charge in [-0.3, -0.25) is 0 Å². The average Bonchev–Trinajstić information content (AvgIpc) is 1.80. The Morgan fingerprint density at radius 3 is 1.83 bits per heavy atom. The van der Waals surface area contributed by atoms with Crippen molar-refractivity contribution in [2.45, 2.75) is 57.7 Å². The van der Waals surface area contributed by atoms with E-state index in [2.05, 4.69) is 5.73 Å². The SMILES string of the molecule is CC1(C)CC([NH3+])CC(C)(C)N1[O]. The number of rotatable bonds is 0. The predicted octanol–water partition coefficient (Wildman–Crippen LogP) is 0.595. The monoisotopic (exact) mass is 172 g/mol. The van der Waals surface area contributed by atoms with E-state index in [1.54, 1.807) is 0 Å². The maximum absolute atomic E-state index is 11.8. The molecule has 0 unspecified atom stereocenters. The summed E-state index contributed by atoms with van der Waals surface area (Å²) in [4.78, 5) is 0. The first kappa shape index (κ1) is 9.96. The Morgan fingerprint density at radius 2 is 1.50 bits per heavy atom. The van der Waals surface area contributed by atoms with Crippen LogP contribution in [0.2, 0.25) is 0 Å². The van der Waals surface area contributed by atoms with Crippen molar-refractivity contribution in [3.63, 3.8) is 0 Å². The molecule has 3 heteroatoms. The van der Waals surface area contributed by atoms with Crippen LogP contribution in [0, 0.1) is 0 Å². The Kier molecular flexibility index (Phi) is 2.23. The molecule has 1 rings (SSSR count). The zero-order valence-corrected chi connectivity index (χ0v) is 8.55. The third-order valence-corrected chi connectivity index (χ3v) is 2.68. The molecule has 1 aliphatic heterocycles. The van der Waals surface area contributed by atoms with Crippen molar-refractivity contribution in [2.75, 3.05) is 0 Å². The quantitative estimate of drug-likeness (QED) is 0.571. The van der Waals surface area contributed by atoms with Crippen LogP contribution < -0.4 is 5.73 Å². The summed E-state index contributed by atoms with van der Waals surface area (Å²) in [5.41, 5.74) is 3.57. The van der Waals surface area contributed by atoms with Crippen molar-refractivity contribution in [1.82, 2.24) is 5.06 Å². The molecule has 0 spiro atoms. The molecule has 71 valence electrons. The van der Waals surface area contributed by atoms with Crippen molar-refractivity contribution < 1.29 is 10.9 Å². The molecule has 3 nitrogen and oxygen atoms in total. The molecule has 0 saturated carbocycles. The maximum atomic E-state index is 11.8. The summed E-state index contributed by atoms with van der Waals surface area (Å²) in [5.74, 6) is 0. The summed E-state index contributed by atoms with van der Waals surface area (Å²) in [6, 6.07) is 0.417. The molecule has 12 heavy (non-hydrogen) atoms. The Labute approximate surface area is 74.5 Å². The van der Waals surface area contributed by atoms with Crippen LogP contribution in [0.25, 0.3) is 0 Å². The van der Waals surface area contributed by atoms with Crippen molar-refractivity contribution in [3.8, 4) is 0 Å². The molecule has 1 radical (unpaired) electrons. The molecule has 1 saturated heterocycles. The molecule has 0 aromatic heterocycles. The van der Waals surface area contributed by atoms with Crippen LogP contribution in [0.3, 0.4) is 0 Å².